The first-order chi connectivity index (χ1) is 9.15. The minimum Gasteiger partial charge on any atom is -0.378 e. The van der Waals surface area contributed by atoms with Crippen molar-refractivity contribution < 1.29 is 13.2 Å². The van der Waals surface area contributed by atoms with Crippen LogP contribution in [0.3, 0.4) is 0 Å². The number of nitrogens with one attached hydrogen (secondary N) is 2. The van der Waals surface area contributed by atoms with Gasteiger partial charge in [0.25, 0.3) is 0 Å². The monoisotopic (exact) mass is 283 g/mol. The molecule has 19 heavy (non-hydrogen) atoms. The summed E-state index contributed by atoms with van der Waals surface area (Å²) in [5, 5.41) is 3.07. The molecule has 6 nitrogen and oxygen atoms in total. The molecule has 0 aromatic carbocycles. The molecule has 0 spiro atoms. The van der Waals surface area contributed by atoms with E-state index in [0.29, 0.717) is 18.9 Å². The number of aromatic nitrogens is 1. The zero-order valence-electron chi connectivity index (χ0n) is 10.5. The largest absolute Gasteiger partial charge is 0.378 e. The molecule has 7 heteroatoms. The van der Waals surface area contributed by atoms with E-state index in [1.165, 1.54) is 0 Å². The van der Waals surface area contributed by atoms with E-state index < -0.39 is 10.0 Å². The zero-order valence-corrected chi connectivity index (χ0v) is 11.3. The SMILES string of the molecule is O=S(=O)(Nc1ccnc(C2COCCN2)c1)C1CC1. The highest BCUT2D eigenvalue weighted by atomic mass is 32.2. The Bertz CT molecular complexity index is 551. The smallest absolute Gasteiger partial charge is 0.235 e. The summed E-state index contributed by atoms with van der Waals surface area (Å²) in [6.45, 7) is 2.04. The van der Waals surface area contributed by atoms with Crippen molar-refractivity contribution in [2.24, 2.45) is 0 Å². The lowest BCUT2D eigenvalue weighted by atomic mass is 10.1. The van der Waals surface area contributed by atoms with Crippen molar-refractivity contribution in [2.45, 2.75) is 24.1 Å². The Kier molecular flexibility index (Phi) is 3.42. The lowest BCUT2D eigenvalue weighted by molar-refractivity contribution is 0.0756. The summed E-state index contributed by atoms with van der Waals surface area (Å²) in [6, 6.07) is 3.47. The van der Waals surface area contributed by atoms with Crippen LogP contribution in [0.5, 0.6) is 0 Å². The minimum absolute atomic E-state index is 0.0270. The van der Waals surface area contributed by atoms with Gasteiger partial charge in [0.2, 0.25) is 10.0 Å². The summed E-state index contributed by atoms with van der Waals surface area (Å²) in [7, 11) is -3.22. The van der Waals surface area contributed by atoms with E-state index in [0.717, 1.165) is 25.1 Å². The number of hydrogen-bond acceptors (Lipinski definition) is 5. The first-order valence-electron chi connectivity index (χ1n) is 6.44. The van der Waals surface area contributed by atoms with Crippen molar-refractivity contribution in [1.82, 2.24) is 10.3 Å². The molecule has 1 aliphatic carbocycles. The van der Waals surface area contributed by atoms with Crippen molar-refractivity contribution in [3.63, 3.8) is 0 Å². The molecular weight excluding hydrogens is 266 g/mol. The van der Waals surface area contributed by atoms with Crippen LogP contribution in [-0.4, -0.2) is 38.4 Å². The average Bonchev–Trinajstić information content (AvgIpc) is 3.24. The fourth-order valence-electron chi connectivity index (χ4n) is 2.08. The summed E-state index contributed by atoms with van der Waals surface area (Å²) in [5.74, 6) is 0. The number of nitrogens with zero attached hydrogens (tertiary/aromatic N) is 1. The van der Waals surface area contributed by atoms with E-state index in [1.54, 1.807) is 18.3 Å². The number of sulfonamides is 1. The summed E-state index contributed by atoms with van der Waals surface area (Å²) >= 11 is 0. The molecule has 1 aromatic rings. The van der Waals surface area contributed by atoms with Crippen LogP contribution in [0, 0.1) is 0 Å². The number of pyridine rings is 1. The predicted octanol–water partition coefficient (Wildman–Crippen LogP) is 0.647. The molecule has 0 amide bonds. The van der Waals surface area contributed by atoms with Gasteiger partial charge >= 0.3 is 0 Å². The van der Waals surface area contributed by atoms with Gasteiger partial charge in [0, 0.05) is 12.7 Å². The quantitative estimate of drug-likeness (QED) is 0.848. The highest BCUT2D eigenvalue weighted by Crippen LogP contribution is 2.30. The molecule has 2 heterocycles. The van der Waals surface area contributed by atoms with Crippen LogP contribution in [0.4, 0.5) is 5.69 Å². The van der Waals surface area contributed by atoms with Crippen LogP contribution in [-0.2, 0) is 14.8 Å². The van der Waals surface area contributed by atoms with Crippen LogP contribution in [0.15, 0.2) is 18.3 Å². The average molecular weight is 283 g/mol. The number of ether oxygens (including phenoxy) is 1. The van der Waals surface area contributed by atoms with E-state index in [4.69, 9.17) is 4.74 Å². The molecule has 2 N–H and O–H groups in total. The molecule has 0 bridgehead atoms. The molecule has 1 aliphatic heterocycles. The molecule has 0 radical (unpaired) electrons. The Balaban J connectivity index is 1.75. The maximum atomic E-state index is 11.9. The first kappa shape index (κ1) is 12.8. The molecule has 1 aromatic heterocycles. The second kappa shape index (κ2) is 5.07. The Morgan fingerprint density at radius 3 is 2.95 bits per heavy atom. The Morgan fingerprint density at radius 1 is 1.42 bits per heavy atom. The van der Waals surface area contributed by atoms with Crippen LogP contribution in [0.25, 0.3) is 0 Å². The van der Waals surface area contributed by atoms with Gasteiger partial charge in [0.1, 0.15) is 0 Å². The van der Waals surface area contributed by atoms with Gasteiger partial charge in [-0.15, -0.1) is 0 Å². The number of anilines is 1. The van der Waals surface area contributed by atoms with Gasteiger partial charge in [0.05, 0.1) is 35.9 Å². The van der Waals surface area contributed by atoms with Crippen molar-refractivity contribution >= 4 is 15.7 Å². The normalized spacial score (nSPS) is 24.1. The minimum atomic E-state index is -3.22. The molecule has 2 aliphatic rings. The number of morpholine rings is 1. The highest BCUT2D eigenvalue weighted by molar-refractivity contribution is 7.93. The number of rotatable bonds is 4. The topological polar surface area (TPSA) is 80.3 Å². The Morgan fingerprint density at radius 2 is 2.26 bits per heavy atom. The molecular formula is C12H17N3O3S. The molecule has 3 rings (SSSR count). The van der Waals surface area contributed by atoms with Crippen LogP contribution >= 0.6 is 0 Å². The standard InChI is InChI=1S/C12H17N3O3S/c16-19(17,10-1-2-10)15-9-3-4-13-11(7-9)12-8-18-6-5-14-12/h3-4,7,10,12,14H,1-2,5-6,8H2,(H,13,15). The van der Waals surface area contributed by atoms with Crippen LogP contribution < -0.4 is 10.0 Å². The van der Waals surface area contributed by atoms with Gasteiger partial charge in [0.15, 0.2) is 0 Å². The fourth-order valence-corrected chi connectivity index (χ4v) is 3.46. The van der Waals surface area contributed by atoms with E-state index in [1.807, 2.05) is 0 Å². The zero-order chi connectivity index (χ0) is 13.3. The summed E-state index contributed by atoms with van der Waals surface area (Å²) in [4.78, 5) is 4.28. The highest BCUT2D eigenvalue weighted by Gasteiger charge is 2.35. The first-order valence-corrected chi connectivity index (χ1v) is 7.98. The van der Waals surface area contributed by atoms with Gasteiger partial charge in [-0.2, -0.15) is 0 Å². The van der Waals surface area contributed by atoms with E-state index in [-0.39, 0.29) is 11.3 Å². The van der Waals surface area contributed by atoms with Crippen molar-refractivity contribution in [2.75, 3.05) is 24.5 Å². The van der Waals surface area contributed by atoms with Crippen molar-refractivity contribution in [3.05, 3.63) is 24.0 Å². The van der Waals surface area contributed by atoms with Gasteiger partial charge in [-0.25, -0.2) is 8.42 Å². The predicted molar refractivity (Wildman–Crippen MR) is 71.4 cm³/mol. The maximum Gasteiger partial charge on any atom is 0.235 e. The second-order valence-corrected chi connectivity index (χ2v) is 6.86. The Labute approximate surface area is 112 Å². The lowest BCUT2D eigenvalue weighted by Gasteiger charge is -2.23. The molecule has 1 unspecified atom stereocenters. The van der Waals surface area contributed by atoms with E-state index in [9.17, 15) is 8.42 Å². The molecule has 104 valence electrons. The number of hydrogen-bond donors (Lipinski definition) is 2. The third-order valence-corrected chi connectivity index (χ3v) is 5.15. The molecule has 2 fully saturated rings. The summed E-state index contributed by atoms with van der Waals surface area (Å²) in [6.07, 6.45) is 3.13. The van der Waals surface area contributed by atoms with Gasteiger partial charge in [-0.05, 0) is 25.0 Å². The molecule has 1 atom stereocenters. The van der Waals surface area contributed by atoms with E-state index in [2.05, 4.69) is 15.0 Å². The third kappa shape index (κ3) is 3.05. The molecule has 1 saturated heterocycles. The van der Waals surface area contributed by atoms with Crippen LogP contribution in [0.1, 0.15) is 24.6 Å². The van der Waals surface area contributed by atoms with E-state index >= 15 is 0 Å². The van der Waals surface area contributed by atoms with Gasteiger partial charge < -0.3 is 10.1 Å². The second-order valence-electron chi connectivity index (χ2n) is 4.90. The van der Waals surface area contributed by atoms with Gasteiger partial charge in [-0.1, -0.05) is 0 Å². The van der Waals surface area contributed by atoms with Crippen molar-refractivity contribution in [1.29, 1.82) is 0 Å². The Hall–Kier alpha value is -1.18. The maximum absolute atomic E-state index is 11.9. The summed E-state index contributed by atoms with van der Waals surface area (Å²) in [5.41, 5.74) is 1.37. The fraction of sp³-hybridized carbons (Fsp3) is 0.583. The molecule has 1 saturated carbocycles. The van der Waals surface area contributed by atoms with Crippen LogP contribution in [0.2, 0.25) is 0 Å². The lowest BCUT2D eigenvalue weighted by Crippen LogP contribution is -2.35. The summed E-state index contributed by atoms with van der Waals surface area (Å²) < 4.78 is 31.8. The van der Waals surface area contributed by atoms with Gasteiger partial charge in [-0.3, -0.25) is 9.71 Å². The third-order valence-electron chi connectivity index (χ3n) is 3.28. The van der Waals surface area contributed by atoms with Crippen molar-refractivity contribution in [3.8, 4) is 0 Å².